The first kappa shape index (κ1) is 21.1. The van der Waals surface area contributed by atoms with Crippen LogP contribution in [0, 0.1) is 0 Å². The summed E-state index contributed by atoms with van der Waals surface area (Å²) in [5.41, 5.74) is 2.42. The molecule has 2 heterocycles. The molecule has 0 bridgehead atoms. The molecule has 6 nitrogen and oxygen atoms in total. The van der Waals surface area contributed by atoms with Gasteiger partial charge in [-0.15, -0.1) is 11.3 Å². The van der Waals surface area contributed by atoms with Gasteiger partial charge < -0.3 is 5.32 Å². The van der Waals surface area contributed by atoms with Gasteiger partial charge in [-0.3, -0.25) is 9.78 Å². The minimum Gasteiger partial charge on any atom is -0.352 e. The zero-order valence-corrected chi connectivity index (χ0v) is 18.0. The van der Waals surface area contributed by atoms with E-state index in [0.29, 0.717) is 12.1 Å². The highest BCUT2D eigenvalue weighted by Crippen LogP contribution is 2.21. The fourth-order valence-corrected chi connectivity index (χ4v) is 4.60. The minimum atomic E-state index is -3.33. The van der Waals surface area contributed by atoms with Crippen molar-refractivity contribution in [2.45, 2.75) is 36.8 Å². The summed E-state index contributed by atoms with van der Waals surface area (Å²) in [6, 6.07) is 9.92. The maximum absolute atomic E-state index is 12.3. The molecule has 3 rings (SSSR count). The number of aromatic nitrogens is 2. The smallest absolute Gasteiger partial charge is 0.251 e. The Morgan fingerprint density at radius 3 is 2.45 bits per heavy atom. The van der Waals surface area contributed by atoms with E-state index in [2.05, 4.69) is 15.3 Å². The molecule has 0 saturated heterocycles. The third-order valence-electron chi connectivity index (χ3n) is 4.45. The molecule has 1 N–H and O–H groups in total. The fraction of sp³-hybridized carbons (Fsp3) is 0.286. The molecular weight excluding hydrogens is 406 g/mol. The average molecular weight is 430 g/mol. The van der Waals surface area contributed by atoms with E-state index in [9.17, 15) is 13.2 Å². The van der Waals surface area contributed by atoms with Crippen LogP contribution in [0.3, 0.4) is 0 Å². The number of amides is 1. The van der Waals surface area contributed by atoms with Crippen LogP contribution in [0.1, 0.15) is 35.6 Å². The Morgan fingerprint density at radius 2 is 1.79 bits per heavy atom. The quantitative estimate of drug-likeness (QED) is 0.551. The zero-order valence-electron chi connectivity index (χ0n) is 16.3. The third-order valence-corrected chi connectivity index (χ3v) is 7.53. The monoisotopic (exact) mass is 429 g/mol. The maximum Gasteiger partial charge on any atom is 0.251 e. The minimum absolute atomic E-state index is 0.213. The van der Waals surface area contributed by atoms with Gasteiger partial charge in [0.25, 0.3) is 5.91 Å². The molecule has 0 aliphatic carbocycles. The van der Waals surface area contributed by atoms with Gasteiger partial charge >= 0.3 is 0 Å². The Labute approximate surface area is 175 Å². The van der Waals surface area contributed by atoms with Crippen molar-refractivity contribution in [3.05, 3.63) is 64.7 Å². The summed E-state index contributed by atoms with van der Waals surface area (Å²) in [5, 5.41) is 5.42. The molecule has 0 fully saturated rings. The number of thiazole rings is 1. The third kappa shape index (κ3) is 5.27. The topological polar surface area (TPSA) is 89.0 Å². The van der Waals surface area contributed by atoms with E-state index in [4.69, 9.17) is 0 Å². The normalized spacial score (nSPS) is 11.6. The van der Waals surface area contributed by atoms with E-state index >= 15 is 0 Å². The molecule has 0 aliphatic rings. The predicted octanol–water partition coefficient (Wildman–Crippen LogP) is 3.75. The second kappa shape index (κ2) is 9.28. The van der Waals surface area contributed by atoms with Crippen molar-refractivity contribution >= 4 is 27.1 Å². The van der Waals surface area contributed by atoms with E-state index in [1.54, 1.807) is 49.7 Å². The molecule has 1 amide bonds. The van der Waals surface area contributed by atoms with E-state index in [-0.39, 0.29) is 10.8 Å². The Kier molecular flexibility index (Phi) is 6.76. The van der Waals surface area contributed by atoms with Crippen molar-refractivity contribution in [1.29, 1.82) is 0 Å². The van der Waals surface area contributed by atoms with Crippen LogP contribution in [0.25, 0.3) is 11.3 Å². The first-order valence-electron chi connectivity index (χ1n) is 9.35. The Bertz CT molecular complexity index is 1060. The molecule has 0 atom stereocenters. The number of aryl methyl sites for hydroxylation is 1. The highest BCUT2D eigenvalue weighted by molar-refractivity contribution is 7.92. The molecule has 0 saturated carbocycles. The van der Waals surface area contributed by atoms with Crippen molar-refractivity contribution < 1.29 is 13.2 Å². The van der Waals surface area contributed by atoms with Crippen LogP contribution in [-0.4, -0.2) is 36.1 Å². The largest absolute Gasteiger partial charge is 0.352 e. The van der Waals surface area contributed by atoms with Gasteiger partial charge in [-0.05, 0) is 56.7 Å². The molecule has 29 heavy (non-hydrogen) atoms. The number of carbonyl (C=O) groups excluding carboxylic acids is 1. The number of nitrogens with one attached hydrogen (secondary N) is 1. The van der Waals surface area contributed by atoms with Gasteiger partial charge in [-0.1, -0.05) is 0 Å². The predicted molar refractivity (Wildman–Crippen MR) is 115 cm³/mol. The van der Waals surface area contributed by atoms with Crippen molar-refractivity contribution in [2.24, 2.45) is 0 Å². The highest BCUT2D eigenvalue weighted by Gasteiger charge is 2.19. The zero-order chi connectivity index (χ0) is 20.9. The Hall–Kier alpha value is -2.58. The number of hydrogen-bond donors (Lipinski definition) is 1. The maximum atomic E-state index is 12.3. The van der Waals surface area contributed by atoms with Gasteiger partial charge in [0, 0.05) is 41.9 Å². The van der Waals surface area contributed by atoms with E-state index < -0.39 is 15.1 Å². The highest BCUT2D eigenvalue weighted by atomic mass is 32.2. The summed E-state index contributed by atoms with van der Waals surface area (Å²) >= 11 is 1.60. The van der Waals surface area contributed by atoms with Gasteiger partial charge in [0.2, 0.25) is 0 Å². The second-order valence-electron chi connectivity index (χ2n) is 6.84. The number of hydrogen-bond acceptors (Lipinski definition) is 6. The summed E-state index contributed by atoms with van der Waals surface area (Å²) in [6.45, 7) is 3.80. The molecule has 0 spiro atoms. The van der Waals surface area contributed by atoms with E-state index in [1.807, 2.05) is 17.5 Å². The molecule has 152 valence electrons. The summed E-state index contributed by atoms with van der Waals surface area (Å²) in [5.74, 6) is -0.213. The van der Waals surface area contributed by atoms with Crippen LogP contribution in [0.4, 0.5) is 0 Å². The summed E-state index contributed by atoms with van der Waals surface area (Å²) < 4.78 is 24.3. The van der Waals surface area contributed by atoms with Crippen molar-refractivity contribution in [3.8, 4) is 11.3 Å². The standard InChI is InChI=1S/C21H23N3O3S2/c1-15(2)29(26,27)18-7-5-17(6-8-18)21(25)23-11-3-4-20-24-19(14-28-20)16-9-12-22-13-10-16/h5-10,12-15H,3-4,11H2,1-2H3,(H,23,25). The van der Waals surface area contributed by atoms with Gasteiger partial charge in [0.1, 0.15) is 0 Å². The van der Waals surface area contributed by atoms with Crippen LogP contribution in [0.5, 0.6) is 0 Å². The van der Waals surface area contributed by atoms with Gasteiger partial charge in [0.05, 0.1) is 20.8 Å². The average Bonchev–Trinajstić information content (AvgIpc) is 3.20. The molecule has 0 radical (unpaired) electrons. The van der Waals surface area contributed by atoms with Crippen LogP contribution in [0.15, 0.2) is 59.1 Å². The molecule has 2 aromatic heterocycles. The lowest BCUT2D eigenvalue weighted by Gasteiger charge is -2.09. The molecular formula is C21H23N3O3S2. The van der Waals surface area contributed by atoms with Crippen LogP contribution in [-0.2, 0) is 16.3 Å². The molecule has 3 aromatic rings. The number of sulfone groups is 1. The Morgan fingerprint density at radius 1 is 1.10 bits per heavy atom. The number of benzene rings is 1. The van der Waals surface area contributed by atoms with Gasteiger partial charge in [-0.2, -0.15) is 0 Å². The SMILES string of the molecule is CC(C)S(=O)(=O)c1ccc(C(=O)NCCCc2nc(-c3ccncc3)cs2)cc1. The number of nitrogens with zero attached hydrogens (tertiary/aromatic N) is 2. The lowest BCUT2D eigenvalue weighted by molar-refractivity contribution is 0.0953. The summed E-state index contributed by atoms with van der Waals surface area (Å²) in [7, 11) is -3.33. The van der Waals surface area contributed by atoms with Crippen LogP contribution in [0.2, 0.25) is 0 Å². The van der Waals surface area contributed by atoms with Crippen molar-refractivity contribution in [3.63, 3.8) is 0 Å². The van der Waals surface area contributed by atoms with Crippen LogP contribution >= 0.6 is 11.3 Å². The van der Waals surface area contributed by atoms with Gasteiger partial charge in [0.15, 0.2) is 9.84 Å². The molecule has 0 unspecified atom stereocenters. The fourth-order valence-electron chi connectivity index (χ4n) is 2.69. The Balaban J connectivity index is 1.49. The number of carbonyl (C=O) groups is 1. The van der Waals surface area contributed by atoms with E-state index in [1.165, 1.54) is 12.1 Å². The molecule has 0 aliphatic heterocycles. The van der Waals surface area contributed by atoms with Crippen molar-refractivity contribution in [1.82, 2.24) is 15.3 Å². The van der Waals surface area contributed by atoms with Crippen molar-refractivity contribution in [2.75, 3.05) is 6.54 Å². The lowest BCUT2D eigenvalue weighted by atomic mass is 10.2. The summed E-state index contributed by atoms with van der Waals surface area (Å²) in [6.07, 6.45) is 5.04. The van der Waals surface area contributed by atoms with E-state index in [0.717, 1.165) is 29.1 Å². The number of rotatable bonds is 8. The van der Waals surface area contributed by atoms with Crippen LogP contribution < -0.4 is 5.32 Å². The first-order valence-corrected chi connectivity index (χ1v) is 11.8. The summed E-state index contributed by atoms with van der Waals surface area (Å²) in [4.78, 5) is 21.1. The molecule has 8 heteroatoms. The van der Waals surface area contributed by atoms with Gasteiger partial charge in [-0.25, -0.2) is 13.4 Å². The number of pyridine rings is 1. The second-order valence-corrected chi connectivity index (χ2v) is 10.3. The molecule has 1 aromatic carbocycles. The lowest BCUT2D eigenvalue weighted by Crippen LogP contribution is -2.24. The first-order chi connectivity index (χ1) is 13.9.